The van der Waals surface area contributed by atoms with Crippen LogP contribution in [0.15, 0.2) is 15.9 Å². The molecule has 0 saturated carbocycles. The largest absolute Gasteiger partial charge is 0.388 e. The van der Waals surface area contributed by atoms with Gasteiger partial charge in [0, 0.05) is 17.8 Å². The number of nitrogens with two attached hydrogens (primary N) is 1. The first-order valence-corrected chi connectivity index (χ1v) is 5.31. The average molecular weight is 250 g/mol. The van der Waals surface area contributed by atoms with Crippen molar-refractivity contribution in [1.29, 1.82) is 0 Å². The zero-order valence-corrected chi connectivity index (χ0v) is 9.28. The van der Waals surface area contributed by atoms with E-state index < -0.39 is 5.60 Å². The molecular weight excluding hydrogens is 238 g/mol. The van der Waals surface area contributed by atoms with Crippen molar-refractivity contribution >= 4 is 27.3 Å². The number of rotatable bonds is 3. The van der Waals surface area contributed by atoms with E-state index in [4.69, 9.17) is 5.73 Å². The fourth-order valence-corrected chi connectivity index (χ4v) is 2.56. The summed E-state index contributed by atoms with van der Waals surface area (Å²) in [7, 11) is 0. The summed E-state index contributed by atoms with van der Waals surface area (Å²) in [5, 5.41) is 9.65. The van der Waals surface area contributed by atoms with Gasteiger partial charge in [-0.05, 0) is 35.0 Å². The van der Waals surface area contributed by atoms with Gasteiger partial charge in [0.1, 0.15) is 0 Å². The predicted octanol–water partition coefficient (Wildman–Crippen LogP) is 1.76. The number of aliphatic hydroxyl groups is 1. The Labute approximate surface area is 84.5 Å². The van der Waals surface area contributed by atoms with Gasteiger partial charge < -0.3 is 10.8 Å². The van der Waals surface area contributed by atoms with Crippen LogP contribution in [0.5, 0.6) is 0 Å². The van der Waals surface area contributed by atoms with Crippen molar-refractivity contribution in [3.8, 4) is 0 Å². The summed E-state index contributed by atoms with van der Waals surface area (Å²) in [5.41, 5.74) is 4.63. The van der Waals surface area contributed by atoms with Crippen LogP contribution in [0.4, 0.5) is 0 Å². The van der Waals surface area contributed by atoms with Crippen LogP contribution in [0.2, 0.25) is 0 Å². The molecule has 0 aromatic carbocycles. The van der Waals surface area contributed by atoms with E-state index in [1.807, 2.05) is 12.1 Å². The second-order valence-corrected chi connectivity index (χ2v) is 5.63. The lowest BCUT2D eigenvalue weighted by Gasteiger charge is -2.19. The number of hydrogen-bond acceptors (Lipinski definition) is 3. The minimum atomic E-state index is -0.774. The SMILES string of the molecule is CC(O)(CN)Cc1ccc(Br)s1. The molecule has 0 aliphatic carbocycles. The van der Waals surface area contributed by atoms with Crippen LogP contribution in [0.3, 0.4) is 0 Å². The fourth-order valence-electron chi connectivity index (χ4n) is 0.894. The van der Waals surface area contributed by atoms with Crippen molar-refractivity contribution < 1.29 is 5.11 Å². The van der Waals surface area contributed by atoms with E-state index in [1.165, 1.54) is 0 Å². The van der Waals surface area contributed by atoms with Crippen molar-refractivity contribution in [3.05, 3.63) is 20.8 Å². The van der Waals surface area contributed by atoms with Crippen molar-refractivity contribution in [2.24, 2.45) is 5.73 Å². The molecule has 0 radical (unpaired) electrons. The van der Waals surface area contributed by atoms with Crippen LogP contribution in [0.1, 0.15) is 11.8 Å². The first-order chi connectivity index (χ1) is 5.53. The second kappa shape index (κ2) is 3.87. The molecule has 2 nitrogen and oxygen atoms in total. The van der Waals surface area contributed by atoms with Gasteiger partial charge >= 0.3 is 0 Å². The van der Waals surface area contributed by atoms with Crippen molar-refractivity contribution in [3.63, 3.8) is 0 Å². The van der Waals surface area contributed by atoms with Crippen LogP contribution in [0.25, 0.3) is 0 Å². The van der Waals surface area contributed by atoms with Gasteiger partial charge in [-0.3, -0.25) is 0 Å². The summed E-state index contributed by atoms with van der Waals surface area (Å²) in [6, 6.07) is 3.98. The highest BCUT2D eigenvalue weighted by molar-refractivity contribution is 9.11. The van der Waals surface area contributed by atoms with Crippen LogP contribution >= 0.6 is 27.3 Å². The summed E-state index contributed by atoms with van der Waals surface area (Å²) in [6.07, 6.45) is 0.625. The highest BCUT2D eigenvalue weighted by Crippen LogP contribution is 2.25. The summed E-state index contributed by atoms with van der Waals surface area (Å²) in [4.78, 5) is 1.15. The molecular formula is C8H12BrNOS. The molecule has 0 amide bonds. The molecule has 0 fully saturated rings. The normalized spacial score (nSPS) is 16.0. The fraction of sp³-hybridized carbons (Fsp3) is 0.500. The molecule has 0 spiro atoms. The maximum absolute atomic E-state index is 9.65. The Morgan fingerprint density at radius 2 is 2.33 bits per heavy atom. The van der Waals surface area contributed by atoms with Crippen molar-refractivity contribution in [1.82, 2.24) is 0 Å². The zero-order chi connectivity index (χ0) is 9.19. The molecule has 1 unspecified atom stereocenters. The Hall–Kier alpha value is 0.1000. The molecule has 4 heteroatoms. The molecule has 12 heavy (non-hydrogen) atoms. The van der Waals surface area contributed by atoms with Gasteiger partial charge in [0.15, 0.2) is 0 Å². The van der Waals surface area contributed by atoms with E-state index in [0.717, 1.165) is 8.66 Å². The predicted molar refractivity (Wildman–Crippen MR) is 55.4 cm³/mol. The molecule has 68 valence electrons. The van der Waals surface area contributed by atoms with Gasteiger partial charge in [-0.2, -0.15) is 0 Å². The second-order valence-electron chi connectivity index (χ2n) is 3.08. The molecule has 0 bridgehead atoms. The highest BCUT2D eigenvalue weighted by atomic mass is 79.9. The lowest BCUT2D eigenvalue weighted by Crippen LogP contribution is -2.36. The topological polar surface area (TPSA) is 46.2 Å². The van der Waals surface area contributed by atoms with Gasteiger partial charge in [-0.1, -0.05) is 0 Å². The Morgan fingerprint density at radius 3 is 2.75 bits per heavy atom. The van der Waals surface area contributed by atoms with Gasteiger partial charge in [0.2, 0.25) is 0 Å². The third-order valence-electron chi connectivity index (χ3n) is 1.62. The molecule has 1 atom stereocenters. The molecule has 1 rings (SSSR count). The molecule has 1 aromatic heterocycles. The van der Waals surface area contributed by atoms with Crippen LogP contribution < -0.4 is 5.73 Å². The number of halogens is 1. The highest BCUT2D eigenvalue weighted by Gasteiger charge is 2.19. The lowest BCUT2D eigenvalue weighted by atomic mass is 10.0. The Balaban J connectivity index is 2.63. The van der Waals surface area contributed by atoms with Crippen LogP contribution in [-0.2, 0) is 6.42 Å². The maximum Gasteiger partial charge on any atom is 0.0789 e. The maximum atomic E-state index is 9.65. The zero-order valence-electron chi connectivity index (χ0n) is 6.88. The van der Waals surface area contributed by atoms with Crippen LogP contribution in [-0.4, -0.2) is 17.3 Å². The standard InChI is InChI=1S/C8H12BrNOS/c1-8(11,5-10)4-6-2-3-7(9)12-6/h2-3,11H,4-5,10H2,1H3. The number of thiophene rings is 1. The monoisotopic (exact) mass is 249 g/mol. The van der Waals surface area contributed by atoms with Gasteiger partial charge in [0.05, 0.1) is 9.39 Å². The van der Waals surface area contributed by atoms with E-state index in [-0.39, 0.29) is 0 Å². The van der Waals surface area contributed by atoms with E-state index in [0.29, 0.717) is 13.0 Å². The van der Waals surface area contributed by atoms with E-state index >= 15 is 0 Å². The number of hydrogen-bond donors (Lipinski definition) is 2. The summed E-state index contributed by atoms with van der Waals surface area (Å²) in [5.74, 6) is 0. The third kappa shape index (κ3) is 2.86. The first-order valence-electron chi connectivity index (χ1n) is 3.70. The molecule has 0 aliphatic heterocycles. The minimum Gasteiger partial charge on any atom is -0.388 e. The Kier molecular flexibility index (Phi) is 3.29. The Bertz CT molecular complexity index is 259. The average Bonchev–Trinajstić information content (AvgIpc) is 2.35. The van der Waals surface area contributed by atoms with Crippen LogP contribution in [0, 0.1) is 0 Å². The smallest absolute Gasteiger partial charge is 0.0789 e. The molecule has 3 N–H and O–H groups in total. The quantitative estimate of drug-likeness (QED) is 0.858. The summed E-state index contributed by atoms with van der Waals surface area (Å²) in [6.45, 7) is 2.04. The summed E-state index contributed by atoms with van der Waals surface area (Å²) >= 11 is 5.00. The van der Waals surface area contributed by atoms with Gasteiger partial charge in [0.25, 0.3) is 0 Å². The van der Waals surface area contributed by atoms with Gasteiger partial charge in [-0.15, -0.1) is 11.3 Å². The summed E-state index contributed by atoms with van der Waals surface area (Å²) < 4.78 is 1.09. The molecule has 1 aromatic rings. The lowest BCUT2D eigenvalue weighted by molar-refractivity contribution is 0.0705. The van der Waals surface area contributed by atoms with Crippen molar-refractivity contribution in [2.45, 2.75) is 18.9 Å². The van der Waals surface area contributed by atoms with E-state index in [9.17, 15) is 5.11 Å². The molecule has 0 aliphatic rings. The van der Waals surface area contributed by atoms with Gasteiger partial charge in [-0.25, -0.2) is 0 Å². The minimum absolute atomic E-state index is 0.294. The van der Waals surface area contributed by atoms with Crippen molar-refractivity contribution in [2.75, 3.05) is 6.54 Å². The molecule has 1 heterocycles. The van der Waals surface area contributed by atoms with E-state index in [1.54, 1.807) is 18.3 Å². The molecule has 0 saturated heterocycles. The Morgan fingerprint density at radius 1 is 1.67 bits per heavy atom. The third-order valence-corrected chi connectivity index (χ3v) is 3.25. The van der Waals surface area contributed by atoms with E-state index in [2.05, 4.69) is 15.9 Å². The first kappa shape index (κ1) is 10.2.